The summed E-state index contributed by atoms with van der Waals surface area (Å²) >= 11 is 0. The van der Waals surface area contributed by atoms with Crippen LogP contribution in [0.25, 0.3) is 21.8 Å². The van der Waals surface area contributed by atoms with Gasteiger partial charge in [0.1, 0.15) is 0 Å². The molecule has 6 heteroatoms. The lowest BCUT2D eigenvalue weighted by Gasteiger charge is -2.09. The monoisotopic (exact) mass is 354 g/mol. The number of aromatic nitrogens is 1. The van der Waals surface area contributed by atoms with E-state index < -0.39 is 23.4 Å². The van der Waals surface area contributed by atoms with E-state index in [2.05, 4.69) is 0 Å². The molecule has 0 aliphatic heterocycles. The Morgan fingerprint density at radius 3 is 2.27 bits per heavy atom. The van der Waals surface area contributed by atoms with Crippen LogP contribution in [0.1, 0.15) is 15.9 Å². The Kier molecular flexibility index (Phi) is 3.68. The predicted octanol–water partition coefficient (Wildman–Crippen LogP) is 4.36. The molecule has 0 fully saturated rings. The van der Waals surface area contributed by atoms with Crippen molar-refractivity contribution in [3.63, 3.8) is 0 Å². The lowest BCUT2D eigenvalue weighted by atomic mass is 10.1. The van der Waals surface area contributed by atoms with E-state index in [0.717, 1.165) is 23.0 Å². The van der Waals surface area contributed by atoms with Crippen LogP contribution in [0, 0.1) is 17.5 Å². The molecule has 0 atom stereocenters. The Hall–Kier alpha value is -3.28. The number of fused-ring (bicyclic) bond motifs is 3. The fraction of sp³-hybridized carbons (Fsp3) is 0.0500. The van der Waals surface area contributed by atoms with Crippen molar-refractivity contribution in [2.24, 2.45) is 5.73 Å². The van der Waals surface area contributed by atoms with Gasteiger partial charge in [0.25, 0.3) is 0 Å². The fourth-order valence-electron chi connectivity index (χ4n) is 3.36. The maximum absolute atomic E-state index is 13.6. The number of halogens is 3. The Morgan fingerprint density at radius 2 is 1.58 bits per heavy atom. The molecule has 0 bridgehead atoms. The van der Waals surface area contributed by atoms with Crippen molar-refractivity contribution in [2.45, 2.75) is 6.54 Å². The van der Waals surface area contributed by atoms with Gasteiger partial charge in [0.05, 0.1) is 5.52 Å². The predicted molar refractivity (Wildman–Crippen MR) is 93.4 cm³/mol. The first kappa shape index (κ1) is 16.2. The van der Waals surface area contributed by atoms with Gasteiger partial charge in [-0.3, -0.25) is 4.79 Å². The molecular formula is C20H13F3N2O. The number of nitrogens with two attached hydrogens (primary N) is 1. The van der Waals surface area contributed by atoms with Crippen LogP contribution < -0.4 is 5.73 Å². The number of carbonyl (C=O) groups excluding carboxylic acids is 1. The number of carbonyl (C=O) groups is 1. The normalized spacial score (nSPS) is 11.3. The molecule has 3 aromatic carbocycles. The number of primary amides is 1. The number of nitrogens with zero attached hydrogens (tertiary/aromatic N) is 1. The molecule has 0 saturated heterocycles. The summed E-state index contributed by atoms with van der Waals surface area (Å²) in [5, 5.41) is 1.48. The second-order valence-corrected chi connectivity index (χ2v) is 6.04. The van der Waals surface area contributed by atoms with E-state index in [1.54, 1.807) is 18.2 Å². The molecule has 2 N–H and O–H groups in total. The van der Waals surface area contributed by atoms with Gasteiger partial charge in [-0.1, -0.05) is 24.3 Å². The highest BCUT2D eigenvalue weighted by molar-refractivity contribution is 6.17. The third-order valence-corrected chi connectivity index (χ3v) is 4.45. The van der Waals surface area contributed by atoms with Crippen LogP contribution in [0.2, 0.25) is 0 Å². The van der Waals surface area contributed by atoms with Crippen LogP contribution in [0.15, 0.2) is 54.6 Å². The molecule has 3 nitrogen and oxygen atoms in total. The number of rotatable bonds is 3. The molecule has 4 aromatic rings. The zero-order valence-electron chi connectivity index (χ0n) is 13.5. The summed E-state index contributed by atoms with van der Waals surface area (Å²) < 4.78 is 42.2. The van der Waals surface area contributed by atoms with Crippen molar-refractivity contribution < 1.29 is 18.0 Å². The number of benzene rings is 3. The summed E-state index contributed by atoms with van der Waals surface area (Å²) in [6, 6.07) is 14.4. The lowest BCUT2D eigenvalue weighted by Crippen LogP contribution is -2.11. The van der Waals surface area contributed by atoms with Gasteiger partial charge >= 0.3 is 0 Å². The van der Waals surface area contributed by atoms with Gasteiger partial charge in [-0.2, -0.15) is 0 Å². The molecule has 4 rings (SSSR count). The van der Waals surface area contributed by atoms with Gasteiger partial charge in [-0.25, -0.2) is 13.2 Å². The van der Waals surface area contributed by atoms with Crippen LogP contribution in [-0.4, -0.2) is 10.5 Å². The summed E-state index contributed by atoms with van der Waals surface area (Å²) in [5.41, 5.74) is 7.62. The van der Waals surface area contributed by atoms with Gasteiger partial charge in [0.2, 0.25) is 5.91 Å². The van der Waals surface area contributed by atoms with Crippen LogP contribution in [-0.2, 0) is 6.54 Å². The van der Waals surface area contributed by atoms with Gasteiger partial charge < -0.3 is 10.3 Å². The number of amides is 1. The zero-order valence-corrected chi connectivity index (χ0v) is 13.5. The van der Waals surface area contributed by atoms with Crippen LogP contribution in [0.5, 0.6) is 0 Å². The lowest BCUT2D eigenvalue weighted by molar-refractivity contribution is 0.100. The molecule has 0 saturated carbocycles. The molecule has 0 unspecified atom stereocenters. The minimum absolute atomic E-state index is 0.111. The second kappa shape index (κ2) is 5.91. The number of hydrogen-bond donors (Lipinski definition) is 1. The first-order valence-corrected chi connectivity index (χ1v) is 7.90. The highest BCUT2D eigenvalue weighted by Crippen LogP contribution is 2.32. The van der Waals surface area contributed by atoms with Crippen LogP contribution in [0.3, 0.4) is 0 Å². The largest absolute Gasteiger partial charge is 0.366 e. The summed E-state index contributed by atoms with van der Waals surface area (Å²) in [6.07, 6.45) is 0. The highest BCUT2D eigenvalue weighted by Gasteiger charge is 2.17. The van der Waals surface area contributed by atoms with Gasteiger partial charge in [0, 0.05) is 28.4 Å². The van der Waals surface area contributed by atoms with E-state index in [-0.39, 0.29) is 12.1 Å². The maximum Gasteiger partial charge on any atom is 0.249 e. The molecular weight excluding hydrogens is 341 g/mol. The summed E-state index contributed by atoms with van der Waals surface area (Å²) in [5.74, 6) is -4.53. The Balaban J connectivity index is 2.00. The maximum atomic E-state index is 13.6. The molecule has 1 heterocycles. The molecule has 0 aliphatic carbocycles. The number of hydrogen-bond acceptors (Lipinski definition) is 1. The first-order valence-electron chi connectivity index (χ1n) is 7.90. The average Bonchev–Trinajstić information content (AvgIpc) is 2.94. The first-order chi connectivity index (χ1) is 12.5. The second-order valence-electron chi connectivity index (χ2n) is 6.04. The van der Waals surface area contributed by atoms with Crippen molar-refractivity contribution in [2.75, 3.05) is 0 Å². The minimum Gasteiger partial charge on any atom is -0.366 e. The molecule has 130 valence electrons. The van der Waals surface area contributed by atoms with Crippen LogP contribution in [0.4, 0.5) is 13.2 Å². The quantitative estimate of drug-likeness (QED) is 0.546. The Morgan fingerprint density at radius 1 is 0.923 bits per heavy atom. The topological polar surface area (TPSA) is 48.0 Å². The molecule has 0 radical (unpaired) electrons. The van der Waals surface area contributed by atoms with Gasteiger partial charge in [-0.15, -0.1) is 0 Å². The third-order valence-electron chi connectivity index (χ3n) is 4.45. The number of para-hydroxylation sites is 1. The van der Waals surface area contributed by atoms with Crippen molar-refractivity contribution in [1.82, 2.24) is 4.57 Å². The smallest absolute Gasteiger partial charge is 0.249 e. The minimum atomic E-state index is -1.49. The van der Waals surface area contributed by atoms with Crippen molar-refractivity contribution >= 4 is 27.7 Å². The molecule has 0 aliphatic rings. The van der Waals surface area contributed by atoms with E-state index >= 15 is 0 Å². The molecule has 1 aromatic heterocycles. The van der Waals surface area contributed by atoms with Crippen molar-refractivity contribution in [3.8, 4) is 0 Å². The summed E-state index contributed by atoms with van der Waals surface area (Å²) in [6.45, 7) is 0.111. The van der Waals surface area contributed by atoms with E-state index in [9.17, 15) is 18.0 Å². The Labute approximate surface area is 146 Å². The summed E-state index contributed by atoms with van der Waals surface area (Å²) in [4.78, 5) is 11.8. The molecule has 26 heavy (non-hydrogen) atoms. The van der Waals surface area contributed by atoms with Crippen molar-refractivity contribution in [1.29, 1.82) is 0 Å². The van der Waals surface area contributed by atoms with Crippen LogP contribution >= 0.6 is 0 Å². The van der Waals surface area contributed by atoms with Gasteiger partial charge in [-0.05, 0) is 35.9 Å². The SMILES string of the molecule is NC(=O)c1cccc2c1c1ccccc1n2Cc1cc(F)c(F)c(F)c1. The molecule has 1 amide bonds. The Bertz CT molecular complexity index is 1160. The zero-order chi connectivity index (χ0) is 18.4. The highest BCUT2D eigenvalue weighted by atomic mass is 19.2. The van der Waals surface area contributed by atoms with E-state index in [0.29, 0.717) is 16.5 Å². The third kappa shape index (κ3) is 2.42. The average molecular weight is 354 g/mol. The van der Waals surface area contributed by atoms with E-state index in [4.69, 9.17) is 5.73 Å². The van der Waals surface area contributed by atoms with E-state index in [1.165, 1.54) is 0 Å². The van der Waals surface area contributed by atoms with Gasteiger partial charge in [0.15, 0.2) is 17.5 Å². The standard InChI is InChI=1S/C20H13F3N2O/c21-14-8-11(9-15(22)19(14)23)10-25-16-6-2-1-4-12(16)18-13(20(24)26)5-3-7-17(18)25/h1-9H,10H2,(H2,24,26). The summed E-state index contributed by atoms with van der Waals surface area (Å²) in [7, 11) is 0. The van der Waals surface area contributed by atoms with E-state index in [1.807, 2.05) is 28.8 Å². The van der Waals surface area contributed by atoms with Crippen molar-refractivity contribution in [3.05, 3.63) is 83.2 Å². The fourth-order valence-corrected chi connectivity index (χ4v) is 3.36. The molecule has 0 spiro atoms.